The second-order valence-corrected chi connectivity index (χ2v) is 10.3. The fourth-order valence-electron chi connectivity index (χ4n) is 3.91. The predicted octanol–water partition coefficient (Wildman–Crippen LogP) is 6.03. The molecule has 0 aliphatic rings. The molecule has 3 aromatic heterocycles. The number of nitrogens with zero attached hydrogens (tertiary/aromatic N) is 3. The van der Waals surface area contributed by atoms with E-state index in [4.69, 9.17) is 9.47 Å². The predicted molar refractivity (Wildman–Crippen MR) is 141 cm³/mol. The van der Waals surface area contributed by atoms with Gasteiger partial charge >= 0.3 is 11.1 Å². The number of fused-ring (bicyclic) bond motifs is 1. The number of para-hydroxylation sites is 1. The van der Waals surface area contributed by atoms with E-state index in [2.05, 4.69) is 9.97 Å². The molecule has 188 valence electrons. The van der Waals surface area contributed by atoms with Crippen LogP contribution in [0.3, 0.4) is 0 Å². The molecule has 0 spiro atoms. The van der Waals surface area contributed by atoms with Gasteiger partial charge in [0.15, 0.2) is 11.1 Å². The molecule has 0 amide bonds. The van der Waals surface area contributed by atoms with Crippen LogP contribution in [0.4, 0.5) is 4.79 Å². The molecule has 3 heterocycles. The van der Waals surface area contributed by atoms with Crippen LogP contribution in [0.1, 0.15) is 37.6 Å². The number of aliphatic hydroxyl groups is 1. The van der Waals surface area contributed by atoms with Gasteiger partial charge in [-0.25, -0.2) is 4.79 Å². The summed E-state index contributed by atoms with van der Waals surface area (Å²) in [4.78, 5) is 22.0. The Hall–Kier alpha value is -4.14. The first kappa shape index (κ1) is 24.5. The number of aliphatic hydroxyl groups excluding tert-OH is 1. The molecule has 1 N–H and O–H groups in total. The SMILES string of the molecule is CC(C)(C)OC(=O)[n+]1c([C-](O)c2cn[c-]3c(OCc4ccccc4)cccc23)c[s+][c-]1-c1cccnc1. The van der Waals surface area contributed by atoms with E-state index in [9.17, 15) is 9.90 Å². The molecule has 7 nitrogen and oxygen atoms in total. The lowest BCUT2D eigenvalue weighted by atomic mass is 10.1. The van der Waals surface area contributed by atoms with Crippen LogP contribution >= 0.6 is 11.3 Å². The average molecular weight is 513 g/mol. The van der Waals surface area contributed by atoms with Gasteiger partial charge in [-0.05, 0) is 38.0 Å². The van der Waals surface area contributed by atoms with Crippen molar-refractivity contribution in [3.8, 4) is 16.3 Å². The Morgan fingerprint density at radius 3 is 2.62 bits per heavy atom. The molecule has 0 saturated heterocycles. The fraction of sp³-hybridized carbons (Fsp3) is 0.172. The van der Waals surface area contributed by atoms with Crippen molar-refractivity contribution in [2.24, 2.45) is 0 Å². The van der Waals surface area contributed by atoms with E-state index < -0.39 is 11.7 Å². The minimum absolute atomic E-state index is 0.0834. The van der Waals surface area contributed by atoms with Crippen molar-refractivity contribution in [2.45, 2.75) is 33.0 Å². The second-order valence-electron chi connectivity index (χ2n) is 9.43. The third-order valence-corrected chi connectivity index (χ3v) is 6.54. The van der Waals surface area contributed by atoms with Crippen LogP contribution in [0.2, 0.25) is 0 Å². The summed E-state index contributed by atoms with van der Waals surface area (Å²) in [6.45, 7) is 5.80. The number of aromatic nitrogens is 3. The molecule has 0 bridgehead atoms. The first-order chi connectivity index (χ1) is 17.8. The quantitative estimate of drug-likeness (QED) is 0.170. The number of hydrogen-bond acceptors (Lipinski definition) is 6. The molecular formula is C29H26N3O4S-. The van der Waals surface area contributed by atoms with Gasteiger partial charge in [0.2, 0.25) is 11.3 Å². The molecule has 0 atom stereocenters. The topological polar surface area (TPSA) is 85.4 Å². The third kappa shape index (κ3) is 5.21. The summed E-state index contributed by atoms with van der Waals surface area (Å²) in [5, 5.41) is 14.5. The fourth-order valence-corrected chi connectivity index (χ4v) is 4.89. The summed E-state index contributed by atoms with van der Waals surface area (Å²) in [6.07, 6.45) is 4.25. The van der Waals surface area contributed by atoms with Gasteiger partial charge in [-0.1, -0.05) is 54.7 Å². The molecule has 0 aliphatic heterocycles. The van der Waals surface area contributed by atoms with Crippen molar-refractivity contribution in [1.29, 1.82) is 0 Å². The normalized spacial score (nSPS) is 11.5. The van der Waals surface area contributed by atoms with Crippen molar-refractivity contribution < 1.29 is 23.9 Å². The zero-order valence-electron chi connectivity index (χ0n) is 20.7. The Balaban J connectivity index is 1.52. The van der Waals surface area contributed by atoms with Crippen LogP contribution in [0, 0.1) is 6.10 Å². The first-order valence-corrected chi connectivity index (χ1v) is 12.6. The zero-order valence-corrected chi connectivity index (χ0v) is 21.5. The van der Waals surface area contributed by atoms with E-state index in [1.54, 1.807) is 50.8 Å². The summed E-state index contributed by atoms with van der Waals surface area (Å²) < 4.78 is 13.1. The molecule has 0 aliphatic carbocycles. The molecule has 0 fully saturated rings. The number of hydrogen-bond donors (Lipinski definition) is 1. The lowest BCUT2D eigenvalue weighted by molar-refractivity contribution is -0.580. The van der Waals surface area contributed by atoms with E-state index in [0.717, 1.165) is 11.1 Å². The van der Waals surface area contributed by atoms with Gasteiger partial charge in [0.1, 0.15) is 12.2 Å². The monoisotopic (exact) mass is 512 g/mol. The van der Waals surface area contributed by atoms with Gasteiger partial charge in [-0.3, -0.25) is 4.98 Å². The maximum atomic E-state index is 13.3. The van der Waals surface area contributed by atoms with E-state index in [1.165, 1.54) is 15.9 Å². The summed E-state index contributed by atoms with van der Waals surface area (Å²) in [5.74, 6) is 0.613. The van der Waals surface area contributed by atoms with Crippen molar-refractivity contribution >= 4 is 28.3 Å². The number of pyridine rings is 1. The zero-order chi connectivity index (χ0) is 26.0. The van der Waals surface area contributed by atoms with Gasteiger partial charge in [0.25, 0.3) is 0 Å². The third-order valence-electron chi connectivity index (χ3n) is 5.56. The van der Waals surface area contributed by atoms with Crippen molar-refractivity contribution in [3.63, 3.8) is 0 Å². The number of carbonyl (C=O) groups excluding carboxylic acids is 1. The molecule has 0 radical (unpaired) electrons. The average Bonchev–Trinajstić information content (AvgIpc) is 3.53. The standard InChI is InChI=1S/C29H26N3O4S/c1-29(2,3)36-28(34)32-23(18-37-27(32)20-11-8-14-30-15-20)26(33)22-16-31-25-21(22)12-7-13-24(25)35-17-19-9-5-4-6-10-19/h4-16,18,33H,17H2,1-3H3/q-1. The van der Waals surface area contributed by atoms with Gasteiger partial charge < -0.3 is 19.6 Å². The molecule has 5 aromatic rings. The highest BCUT2D eigenvalue weighted by Crippen LogP contribution is 2.34. The lowest BCUT2D eigenvalue weighted by Gasteiger charge is -2.20. The minimum atomic E-state index is -0.718. The summed E-state index contributed by atoms with van der Waals surface area (Å²) in [5.41, 5.74) is 2.49. The van der Waals surface area contributed by atoms with Gasteiger partial charge in [-0.2, -0.15) is 11.5 Å². The first-order valence-electron chi connectivity index (χ1n) is 11.8. The number of benzene rings is 2. The van der Waals surface area contributed by atoms with Gasteiger partial charge in [-0.15, -0.1) is 16.2 Å². The van der Waals surface area contributed by atoms with Gasteiger partial charge in [0, 0.05) is 17.9 Å². The minimum Gasteiger partial charge on any atom is -0.503 e. The van der Waals surface area contributed by atoms with Crippen molar-refractivity contribution in [2.75, 3.05) is 0 Å². The molecule has 37 heavy (non-hydrogen) atoms. The Labute approximate surface area is 219 Å². The van der Waals surface area contributed by atoms with E-state index in [0.29, 0.717) is 39.5 Å². The molecular weight excluding hydrogens is 486 g/mol. The van der Waals surface area contributed by atoms with E-state index >= 15 is 0 Å². The van der Waals surface area contributed by atoms with Crippen LogP contribution in [-0.2, 0) is 11.3 Å². The highest BCUT2D eigenvalue weighted by atomic mass is 32.1. The lowest BCUT2D eigenvalue weighted by Crippen LogP contribution is -2.50. The maximum Gasteiger partial charge on any atom is 0.549 e. The Morgan fingerprint density at radius 1 is 1.08 bits per heavy atom. The smallest absolute Gasteiger partial charge is 0.503 e. The van der Waals surface area contributed by atoms with E-state index in [1.807, 2.05) is 54.6 Å². The summed E-state index contributed by atoms with van der Waals surface area (Å²) in [6, 6.07) is 19.1. The molecule has 0 saturated carbocycles. The number of rotatable bonds is 6. The van der Waals surface area contributed by atoms with Crippen molar-refractivity contribution in [1.82, 2.24) is 9.97 Å². The Kier molecular flexibility index (Phi) is 6.69. The second kappa shape index (κ2) is 10.1. The highest BCUT2D eigenvalue weighted by Gasteiger charge is 2.36. The van der Waals surface area contributed by atoms with Gasteiger partial charge in [0.05, 0.1) is 5.75 Å². The number of ether oxygens (including phenoxy) is 2. The van der Waals surface area contributed by atoms with Crippen LogP contribution in [0.25, 0.3) is 21.5 Å². The van der Waals surface area contributed by atoms with Crippen LogP contribution in [0.5, 0.6) is 5.75 Å². The van der Waals surface area contributed by atoms with Crippen LogP contribution < -0.4 is 9.30 Å². The van der Waals surface area contributed by atoms with Crippen LogP contribution in [0.15, 0.2) is 84.6 Å². The number of carbonyl (C=O) groups is 1. The Morgan fingerprint density at radius 2 is 1.89 bits per heavy atom. The largest absolute Gasteiger partial charge is 0.549 e. The Bertz CT molecular complexity index is 1520. The summed E-state index contributed by atoms with van der Waals surface area (Å²) in [7, 11) is 0. The summed E-state index contributed by atoms with van der Waals surface area (Å²) >= 11 is 1.32. The highest BCUT2D eigenvalue weighted by molar-refractivity contribution is 7.12. The number of thiazole rings is 1. The molecule has 2 aromatic carbocycles. The maximum absolute atomic E-state index is 13.3. The molecule has 5 rings (SSSR count). The van der Waals surface area contributed by atoms with E-state index in [-0.39, 0.29) is 6.10 Å². The van der Waals surface area contributed by atoms with Crippen LogP contribution in [-0.4, -0.2) is 26.8 Å². The van der Waals surface area contributed by atoms with Crippen molar-refractivity contribution in [3.05, 3.63) is 108 Å². The molecule has 0 unspecified atom stereocenters. The molecule has 8 heteroatoms.